The van der Waals surface area contributed by atoms with Gasteiger partial charge in [0.15, 0.2) is 0 Å². The van der Waals surface area contributed by atoms with Gasteiger partial charge < -0.3 is 5.11 Å². The molecular weight excluding hydrogens is 335 g/mol. The van der Waals surface area contributed by atoms with E-state index in [1.54, 1.807) is 12.1 Å². The Hall–Kier alpha value is -1.20. The number of aliphatic hydroxyl groups excluding tert-OH is 1. The number of hydrogen-bond donors (Lipinski definition) is 1. The molecule has 1 atom stereocenters. The van der Waals surface area contributed by atoms with Gasteiger partial charge in [0.25, 0.3) is 0 Å². The molecule has 0 saturated carbocycles. The van der Waals surface area contributed by atoms with Crippen LogP contribution in [0, 0.1) is 18.7 Å². The third-order valence-corrected chi connectivity index (χ3v) is 4.66. The topological polar surface area (TPSA) is 38.0 Å². The highest BCUT2D eigenvalue weighted by Crippen LogP contribution is 2.25. The zero-order chi connectivity index (χ0) is 15.4. The predicted molar refractivity (Wildman–Crippen MR) is 84.7 cm³/mol. The first-order chi connectivity index (χ1) is 10.0. The van der Waals surface area contributed by atoms with Crippen molar-refractivity contribution >= 4 is 15.9 Å². The molecule has 1 aromatic heterocycles. The maximum absolute atomic E-state index is 12.9. The van der Waals surface area contributed by atoms with Gasteiger partial charge in [-0.05, 0) is 66.2 Å². The molecule has 21 heavy (non-hydrogen) atoms. The molecule has 0 aliphatic carbocycles. The van der Waals surface area contributed by atoms with Gasteiger partial charge in [-0.15, -0.1) is 0 Å². The minimum absolute atomic E-state index is 0.0909. The van der Waals surface area contributed by atoms with Gasteiger partial charge in [-0.25, -0.2) is 4.39 Å². The summed E-state index contributed by atoms with van der Waals surface area (Å²) in [7, 11) is 0. The second kappa shape index (κ2) is 7.18. The Morgan fingerprint density at radius 2 is 1.95 bits per heavy atom. The standard InChI is InChI=1S/C16H20BrFN2O/c1-3-20-15(16(17)11(2)19-20)9-13(10-21)8-12-4-6-14(18)7-5-12/h4-7,13,21H,3,8-10H2,1-2H3. The first-order valence-electron chi connectivity index (χ1n) is 7.12. The molecule has 1 heterocycles. The van der Waals surface area contributed by atoms with Crippen LogP contribution in [0.3, 0.4) is 0 Å². The highest BCUT2D eigenvalue weighted by molar-refractivity contribution is 9.10. The lowest BCUT2D eigenvalue weighted by Crippen LogP contribution is -2.16. The van der Waals surface area contributed by atoms with Crippen LogP contribution in [-0.2, 0) is 19.4 Å². The smallest absolute Gasteiger partial charge is 0.123 e. The number of nitrogens with zero attached hydrogens (tertiary/aromatic N) is 2. The molecule has 2 aromatic rings. The molecule has 0 aliphatic heterocycles. The average molecular weight is 355 g/mol. The van der Waals surface area contributed by atoms with Crippen LogP contribution in [-0.4, -0.2) is 21.5 Å². The fourth-order valence-electron chi connectivity index (χ4n) is 2.49. The van der Waals surface area contributed by atoms with Gasteiger partial charge in [0, 0.05) is 13.2 Å². The van der Waals surface area contributed by atoms with E-state index < -0.39 is 0 Å². The Kier molecular flexibility index (Phi) is 5.53. The van der Waals surface area contributed by atoms with Crippen LogP contribution in [0.15, 0.2) is 28.7 Å². The van der Waals surface area contributed by atoms with E-state index in [9.17, 15) is 9.50 Å². The lowest BCUT2D eigenvalue weighted by Gasteiger charge is -2.15. The third kappa shape index (κ3) is 3.92. The molecule has 3 nitrogen and oxygen atoms in total. The Morgan fingerprint density at radius 3 is 2.52 bits per heavy atom. The van der Waals surface area contributed by atoms with Crippen LogP contribution >= 0.6 is 15.9 Å². The van der Waals surface area contributed by atoms with Gasteiger partial charge in [-0.1, -0.05) is 12.1 Å². The summed E-state index contributed by atoms with van der Waals surface area (Å²) in [6, 6.07) is 6.46. The molecule has 0 spiro atoms. The van der Waals surface area contributed by atoms with Crippen LogP contribution < -0.4 is 0 Å². The van der Waals surface area contributed by atoms with Crippen LogP contribution in [0.2, 0.25) is 0 Å². The SMILES string of the molecule is CCn1nc(C)c(Br)c1CC(CO)Cc1ccc(F)cc1. The summed E-state index contributed by atoms with van der Waals surface area (Å²) in [4.78, 5) is 0. The highest BCUT2D eigenvalue weighted by Gasteiger charge is 2.17. The van der Waals surface area contributed by atoms with E-state index in [-0.39, 0.29) is 18.3 Å². The van der Waals surface area contributed by atoms with E-state index in [4.69, 9.17) is 0 Å². The van der Waals surface area contributed by atoms with Crippen molar-refractivity contribution in [3.8, 4) is 0 Å². The number of aliphatic hydroxyl groups is 1. The van der Waals surface area contributed by atoms with Crippen molar-refractivity contribution in [2.24, 2.45) is 5.92 Å². The maximum atomic E-state index is 12.9. The van der Waals surface area contributed by atoms with Gasteiger partial charge in [-0.2, -0.15) is 5.10 Å². The van der Waals surface area contributed by atoms with Crippen LogP contribution in [0.4, 0.5) is 4.39 Å². The first kappa shape index (κ1) is 16.2. The van der Waals surface area contributed by atoms with Crippen molar-refractivity contribution in [3.63, 3.8) is 0 Å². The van der Waals surface area contributed by atoms with Crippen molar-refractivity contribution < 1.29 is 9.50 Å². The fraction of sp³-hybridized carbons (Fsp3) is 0.438. The molecule has 0 bridgehead atoms. The molecule has 1 aromatic carbocycles. The number of halogens is 2. The zero-order valence-corrected chi connectivity index (χ0v) is 13.9. The summed E-state index contributed by atoms with van der Waals surface area (Å²) in [6.07, 6.45) is 1.46. The number of benzene rings is 1. The summed E-state index contributed by atoms with van der Waals surface area (Å²) in [5, 5.41) is 14.1. The second-order valence-electron chi connectivity index (χ2n) is 5.25. The molecule has 0 radical (unpaired) electrons. The van der Waals surface area contributed by atoms with E-state index >= 15 is 0 Å². The molecule has 5 heteroatoms. The van der Waals surface area contributed by atoms with Crippen molar-refractivity contribution in [1.82, 2.24) is 9.78 Å². The summed E-state index contributed by atoms with van der Waals surface area (Å²) in [6.45, 7) is 4.91. The molecule has 0 fully saturated rings. The lowest BCUT2D eigenvalue weighted by molar-refractivity contribution is 0.222. The summed E-state index contributed by atoms with van der Waals surface area (Å²) in [5.41, 5.74) is 3.10. The molecule has 2 rings (SSSR count). The van der Waals surface area contributed by atoms with Crippen molar-refractivity contribution in [1.29, 1.82) is 0 Å². The van der Waals surface area contributed by atoms with E-state index in [1.165, 1.54) is 12.1 Å². The Morgan fingerprint density at radius 1 is 1.29 bits per heavy atom. The third-order valence-electron chi connectivity index (χ3n) is 3.63. The van der Waals surface area contributed by atoms with Gasteiger partial charge in [0.2, 0.25) is 0 Å². The Labute approximate surface area is 132 Å². The monoisotopic (exact) mass is 354 g/mol. The summed E-state index contributed by atoms with van der Waals surface area (Å²) < 4.78 is 15.9. The van der Waals surface area contributed by atoms with Gasteiger partial charge in [0.05, 0.1) is 15.9 Å². The van der Waals surface area contributed by atoms with Crippen LogP contribution in [0.5, 0.6) is 0 Å². The van der Waals surface area contributed by atoms with Crippen molar-refractivity contribution in [3.05, 3.63) is 51.5 Å². The minimum Gasteiger partial charge on any atom is -0.396 e. The predicted octanol–water partition coefficient (Wildman–Crippen LogP) is 3.51. The average Bonchev–Trinajstić information content (AvgIpc) is 2.76. The summed E-state index contributed by atoms with van der Waals surface area (Å²) in [5.74, 6) is -0.144. The number of hydrogen-bond acceptors (Lipinski definition) is 2. The van der Waals surface area contributed by atoms with Crippen molar-refractivity contribution in [2.45, 2.75) is 33.2 Å². The van der Waals surface area contributed by atoms with Crippen LogP contribution in [0.1, 0.15) is 23.9 Å². The van der Waals surface area contributed by atoms with E-state index in [1.807, 2.05) is 11.6 Å². The fourth-order valence-corrected chi connectivity index (χ4v) is 2.94. The number of aromatic nitrogens is 2. The maximum Gasteiger partial charge on any atom is 0.123 e. The van der Waals surface area contributed by atoms with Gasteiger partial charge in [0.1, 0.15) is 5.82 Å². The molecule has 0 saturated heterocycles. The first-order valence-corrected chi connectivity index (χ1v) is 7.91. The summed E-state index contributed by atoms with van der Waals surface area (Å²) >= 11 is 3.58. The molecule has 0 aliphatic rings. The largest absolute Gasteiger partial charge is 0.396 e. The molecule has 114 valence electrons. The lowest BCUT2D eigenvalue weighted by atomic mass is 9.95. The molecular formula is C16H20BrFN2O. The highest BCUT2D eigenvalue weighted by atomic mass is 79.9. The van der Waals surface area contributed by atoms with E-state index in [0.29, 0.717) is 0 Å². The van der Waals surface area contributed by atoms with E-state index in [0.717, 1.165) is 40.8 Å². The van der Waals surface area contributed by atoms with Gasteiger partial charge >= 0.3 is 0 Å². The molecule has 1 unspecified atom stereocenters. The molecule has 0 amide bonds. The normalized spacial score (nSPS) is 12.6. The zero-order valence-electron chi connectivity index (χ0n) is 12.3. The van der Waals surface area contributed by atoms with Gasteiger partial charge in [-0.3, -0.25) is 4.68 Å². The Bertz CT molecular complexity index is 595. The number of aryl methyl sites for hydroxylation is 2. The second-order valence-corrected chi connectivity index (χ2v) is 6.04. The number of rotatable bonds is 6. The van der Waals surface area contributed by atoms with E-state index in [2.05, 4.69) is 28.0 Å². The molecule has 1 N–H and O–H groups in total. The minimum atomic E-state index is -0.235. The van der Waals surface area contributed by atoms with Crippen LogP contribution in [0.25, 0.3) is 0 Å². The quantitative estimate of drug-likeness (QED) is 0.861. The van der Waals surface area contributed by atoms with Crippen molar-refractivity contribution in [2.75, 3.05) is 6.61 Å². The Balaban J connectivity index is 2.14.